The van der Waals surface area contributed by atoms with Crippen LogP contribution in [0.3, 0.4) is 0 Å². The highest BCUT2D eigenvalue weighted by molar-refractivity contribution is 9.10. The summed E-state index contributed by atoms with van der Waals surface area (Å²) in [4.78, 5) is 35.2. The summed E-state index contributed by atoms with van der Waals surface area (Å²) in [5.74, 6) is -0.906. The molecule has 1 aliphatic rings. The molecule has 0 saturated heterocycles. The van der Waals surface area contributed by atoms with Gasteiger partial charge in [0.25, 0.3) is 0 Å². The van der Waals surface area contributed by atoms with E-state index in [-0.39, 0.29) is 23.0 Å². The van der Waals surface area contributed by atoms with Crippen molar-refractivity contribution >= 4 is 51.7 Å². The predicted molar refractivity (Wildman–Crippen MR) is 151 cm³/mol. The van der Waals surface area contributed by atoms with E-state index in [1.54, 1.807) is 38.1 Å². The Morgan fingerprint density at radius 1 is 1.22 bits per heavy atom. The van der Waals surface area contributed by atoms with Crippen molar-refractivity contribution in [3.8, 4) is 17.2 Å². The van der Waals surface area contributed by atoms with Gasteiger partial charge in [0.05, 0.1) is 41.0 Å². The van der Waals surface area contributed by atoms with Crippen molar-refractivity contribution in [2.75, 3.05) is 26.9 Å². The third-order valence-corrected chi connectivity index (χ3v) is 6.34. The van der Waals surface area contributed by atoms with Gasteiger partial charge in [-0.15, -0.1) is 0 Å². The summed E-state index contributed by atoms with van der Waals surface area (Å²) < 4.78 is 21.9. The van der Waals surface area contributed by atoms with Gasteiger partial charge in [0, 0.05) is 5.70 Å². The molecule has 3 rings (SSSR count). The first-order chi connectivity index (χ1) is 19.5. The second-order valence-electron chi connectivity index (χ2n) is 8.41. The van der Waals surface area contributed by atoms with E-state index in [1.807, 2.05) is 0 Å². The van der Waals surface area contributed by atoms with E-state index in [4.69, 9.17) is 35.7 Å². The Bertz CT molecular complexity index is 1350. The second kappa shape index (κ2) is 14.6. The van der Waals surface area contributed by atoms with Gasteiger partial charge >= 0.3 is 18.0 Å². The molecule has 1 aliphatic heterocycles. The molecular weight excluding hydrogens is 628 g/mol. The van der Waals surface area contributed by atoms with E-state index in [9.17, 15) is 19.5 Å². The molecule has 0 saturated carbocycles. The fourth-order valence-corrected chi connectivity index (χ4v) is 4.73. The van der Waals surface area contributed by atoms with E-state index in [2.05, 4.69) is 37.1 Å². The number of carboxylic acids is 1. The molecule has 15 heteroatoms. The number of methoxy groups -OCH3 is 1. The standard InChI is InChI=1S/C26H28BrClN4O9/c1-4-39-19-9-15(23-22(25(36)38-3)13(2)30-26(37)31-23)5-6-18(19)40-11-20(33)32-29-10-14-7-16(27)24(17(28)8-14)41-12-21(34)35/h5-10,20,23,32-33H,4,11-12H2,1-3H3,(H,34,35)(H2,30,31,37)/b29-10-/t20-,23+/m1/s1. The lowest BCUT2D eigenvalue weighted by Gasteiger charge is -2.28. The van der Waals surface area contributed by atoms with Gasteiger partial charge in [0.15, 0.2) is 30.1 Å². The Hall–Kier alpha value is -4.01. The van der Waals surface area contributed by atoms with Gasteiger partial charge in [0.2, 0.25) is 0 Å². The van der Waals surface area contributed by atoms with Crippen molar-refractivity contribution in [1.29, 1.82) is 0 Å². The third kappa shape index (κ3) is 8.49. The summed E-state index contributed by atoms with van der Waals surface area (Å²) in [6.45, 7) is 2.94. The van der Waals surface area contributed by atoms with Gasteiger partial charge in [-0.25, -0.2) is 14.4 Å². The Morgan fingerprint density at radius 2 is 1.98 bits per heavy atom. The third-order valence-electron chi connectivity index (χ3n) is 5.47. The number of urea groups is 1. The van der Waals surface area contributed by atoms with Crippen LogP contribution in [0.5, 0.6) is 17.2 Å². The van der Waals surface area contributed by atoms with Gasteiger partial charge in [0.1, 0.15) is 6.61 Å². The first-order valence-electron chi connectivity index (χ1n) is 12.1. The number of carbonyl (C=O) groups excluding carboxylic acids is 2. The smallest absolute Gasteiger partial charge is 0.341 e. The van der Waals surface area contributed by atoms with E-state index in [0.717, 1.165) is 0 Å². The Balaban J connectivity index is 1.67. The molecule has 2 amide bonds. The zero-order chi connectivity index (χ0) is 30.1. The molecule has 2 aromatic carbocycles. The molecular formula is C26H28BrClN4O9. The number of hydrogen-bond donors (Lipinski definition) is 5. The Labute approximate surface area is 248 Å². The lowest BCUT2D eigenvalue weighted by atomic mass is 9.95. The average molecular weight is 656 g/mol. The van der Waals surface area contributed by atoms with Crippen LogP contribution in [-0.2, 0) is 14.3 Å². The van der Waals surface area contributed by atoms with E-state index < -0.39 is 36.8 Å². The summed E-state index contributed by atoms with van der Waals surface area (Å²) in [6, 6.07) is 6.77. The zero-order valence-corrected chi connectivity index (χ0v) is 24.5. The maximum absolute atomic E-state index is 12.4. The molecule has 0 bridgehead atoms. The fraction of sp³-hybridized carbons (Fsp3) is 0.308. The normalized spacial score (nSPS) is 15.6. The molecule has 1 heterocycles. The number of esters is 1. The van der Waals surface area contributed by atoms with Gasteiger partial charge in [-0.05, 0) is 65.2 Å². The Kier molecular flexibility index (Phi) is 11.2. The molecule has 2 atom stereocenters. The van der Waals surface area contributed by atoms with Crippen molar-refractivity contribution < 1.29 is 43.5 Å². The molecule has 220 valence electrons. The summed E-state index contributed by atoms with van der Waals surface area (Å²) >= 11 is 9.44. The number of rotatable bonds is 13. The van der Waals surface area contributed by atoms with Crippen molar-refractivity contribution in [2.45, 2.75) is 26.1 Å². The van der Waals surface area contributed by atoms with Crippen LogP contribution in [0.25, 0.3) is 0 Å². The minimum Gasteiger partial charge on any atom is -0.490 e. The van der Waals surface area contributed by atoms with Crippen molar-refractivity contribution in [2.24, 2.45) is 5.10 Å². The number of carboxylic acid groups (broad SMARTS) is 1. The van der Waals surface area contributed by atoms with E-state index in [0.29, 0.717) is 39.4 Å². The number of halogens is 2. The number of aliphatic carboxylic acids is 1. The number of allylic oxidation sites excluding steroid dienone is 1. The molecule has 0 aliphatic carbocycles. The highest BCUT2D eigenvalue weighted by Gasteiger charge is 2.32. The highest BCUT2D eigenvalue weighted by Crippen LogP contribution is 2.35. The number of nitrogens with zero attached hydrogens (tertiary/aromatic N) is 1. The van der Waals surface area contributed by atoms with Crippen LogP contribution in [0.1, 0.15) is 31.0 Å². The summed E-state index contributed by atoms with van der Waals surface area (Å²) in [5.41, 5.74) is 4.24. The van der Waals surface area contributed by atoms with Gasteiger partial charge in [-0.2, -0.15) is 5.10 Å². The molecule has 0 radical (unpaired) electrons. The summed E-state index contributed by atoms with van der Waals surface area (Å²) in [7, 11) is 1.26. The highest BCUT2D eigenvalue weighted by atomic mass is 79.9. The number of aliphatic hydroxyl groups is 1. The number of hydrazone groups is 1. The molecule has 0 unspecified atom stereocenters. The van der Waals surface area contributed by atoms with E-state index in [1.165, 1.54) is 19.4 Å². The maximum atomic E-state index is 12.4. The zero-order valence-electron chi connectivity index (χ0n) is 22.2. The SMILES string of the molecule is CCOc1cc([C@@H]2NC(=O)NC(C)=C2C(=O)OC)ccc1OC[C@@H](O)N/N=C\c1cc(Cl)c(OCC(=O)O)c(Br)c1. The molecule has 41 heavy (non-hydrogen) atoms. The topological polar surface area (TPSA) is 177 Å². The van der Waals surface area contributed by atoms with Gasteiger partial charge in [-0.1, -0.05) is 17.7 Å². The quantitative estimate of drug-likeness (QED) is 0.0933. The summed E-state index contributed by atoms with van der Waals surface area (Å²) in [6.07, 6.45) is 0.181. The van der Waals surface area contributed by atoms with E-state index >= 15 is 0 Å². The molecule has 13 nitrogen and oxygen atoms in total. The molecule has 2 aromatic rings. The van der Waals surface area contributed by atoms with Crippen LogP contribution < -0.4 is 30.3 Å². The number of benzene rings is 2. The lowest BCUT2D eigenvalue weighted by molar-refractivity contribution is -0.139. The molecule has 0 aromatic heterocycles. The first-order valence-corrected chi connectivity index (χ1v) is 13.3. The van der Waals surface area contributed by atoms with Gasteiger partial charge < -0.3 is 39.8 Å². The second-order valence-corrected chi connectivity index (χ2v) is 9.67. The minimum absolute atomic E-state index is 0.172. The van der Waals surface area contributed by atoms with Crippen LogP contribution >= 0.6 is 27.5 Å². The Morgan fingerprint density at radius 3 is 2.63 bits per heavy atom. The molecule has 5 N–H and O–H groups in total. The van der Waals surface area contributed by atoms with Crippen LogP contribution in [-0.4, -0.2) is 67.6 Å². The number of ether oxygens (including phenoxy) is 4. The number of hydrogen-bond acceptors (Lipinski definition) is 10. The average Bonchev–Trinajstić information content (AvgIpc) is 2.91. The number of amides is 2. The number of carbonyl (C=O) groups is 3. The number of aliphatic hydroxyl groups excluding tert-OH is 1. The fourth-order valence-electron chi connectivity index (χ4n) is 3.75. The van der Waals surface area contributed by atoms with Crippen molar-refractivity contribution in [1.82, 2.24) is 16.1 Å². The molecule has 0 fully saturated rings. The number of nitrogens with one attached hydrogen (secondary N) is 3. The molecule has 0 spiro atoms. The van der Waals surface area contributed by atoms with Crippen LogP contribution in [0, 0.1) is 0 Å². The predicted octanol–water partition coefficient (Wildman–Crippen LogP) is 3.09. The van der Waals surface area contributed by atoms with Crippen molar-refractivity contribution in [3.05, 3.63) is 62.2 Å². The van der Waals surface area contributed by atoms with Crippen molar-refractivity contribution in [3.63, 3.8) is 0 Å². The lowest BCUT2D eigenvalue weighted by Crippen LogP contribution is -2.45. The summed E-state index contributed by atoms with van der Waals surface area (Å²) in [5, 5.41) is 28.5. The minimum atomic E-state index is -1.21. The first kappa shape index (κ1) is 31.5. The van der Waals surface area contributed by atoms with Crippen LogP contribution in [0.4, 0.5) is 4.79 Å². The maximum Gasteiger partial charge on any atom is 0.341 e. The monoisotopic (exact) mass is 654 g/mol. The van der Waals surface area contributed by atoms with Crippen LogP contribution in [0.15, 0.2) is 51.2 Å². The van der Waals surface area contributed by atoms with Gasteiger partial charge in [-0.3, -0.25) is 5.43 Å². The van der Waals surface area contributed by atoms with Crippen LogP contribution in [0.2, 0.25) is 5.02 Å². The largest absolute Gasteiger partial charge is 0.490 e.